The molecule has 0 aromatic heterocycles. The molecule has 0 heterocycles. The smallest absolute Gasteiger partial charge is 0.306 e. The average molecular weight is 856 g/mol. The van der Waals surface area contributed by atoms with Crippen LogP contribution in [-0.4, -0.2) is 46.9 Å². The number of amides is 1. The predicted octanol–water partition coefficient (Wildman–Crippen LogP) is 14.7. The van der Waals surface area contributed by atoms with E-state index < -0.39 is 18.2 Å². The Balaban J connectivity index is 4.84. The molecule has 3 unspecified atom stereocenters. The second-order valence-corrected chi connectivity index (χ2v) is 16.0. The van der Waals surface area contributed by atoms with Crippen LogP contribution in [0.2, 0.25) is 0 Å². The van der Waals surface area contributed by atoms with Gasteiger partial charge in [-0.25, -0.2) is 0 Å². The Labute approximate surface area is 380 Å². The predicted molar refractivity (Wildman–Crippen MR) is 268 cm³/mol. The van der Waals surface area contributed by atoms with E-state index >= 15 is 0 Å². The van der Waals surface area contributed by atoms with Crippen LogP contribution in [-0.2, 0) is 14.3 Å². The molecule has 0 aliphatic rings. The molecule has 0 saturated carbocycles. The van der Waals surface area contributed by atoms with E-state index in [4.69, 9.17) is 4.74 Å². The van der Waals surface area contributed by atoms with Gasteiger partial charge in [-0.2, -0.15) is 0 Å². The zero-order valence-corrected chi connectivity index (χ0v) is 39.4. The number of ether oxygens (including phenoxy) is 1. The zero-order valence-electron chi connectivity index (χ0n) is 39.4. The summed E-state index contributed by atoms with van der Waals surface area (Å²) >= 11 is 0. The van der Waals surface area contributed by atoms with Crippen molar-refractivity contribution in [2.24, 2.45) is 0 Å². The first-order valence-electron chi connectivity index (χ1n) is 24.6. The van der Waals surface area contributed by atoms with Crippen molar-refractivity contribution in [3.8, 4) is 0 Å². The molecule has 1 amide bonds. The fourth-order valence-corrected chi connectivity index (χ4v) is 6.61. The summed E-state index contributed by atoms with van der Waals surface area (Å²) < 4.78 is 5.84. The third-order valence-corrected chi connectivity index (χ3v) is 10.3. The molecule has 0 radical (unpaired) electrons. The van der Waals surface area contributed by atoms with Crippen LogP contribution >= 0.6 is 0 Å². The summed E-state index contributed by atoms with van der Waals surface area (Å²) in [5, 5.41) is 23.7. The number of rotatable bonds is 41. The van der Waals surface area contributed by atoms with Gasteiger partial charge in [-0.05, 0) is 51.4 Å². The molecule has 0 spiro atoms. The zero-order chi connectivity index (χ0) is 45.2. The number of allylic oxidation sites excluding steroid dienone is 22. The molecule has 348 valence electrons. The summed E-state index contributed by atoms with van der Waals surface area (Å²) in [6.07, 6.45) is 68.0. The summed E-state index contributed by atoms with van der Waals surface area (Å²) in [4.78, 5) is 26.0. The first-order chi connectivity index (χ1) is 30.5. The lowest BCUT2D eigenvalue weighted by Crippen LogP contribution is -2.46. The molecule has 6 heteroatoms. The highest BCUT2D eigenvalue weighted by molar-refractivity contribution is 5.77. The van der Waals surface area contributed by atoms with E-state index in [1.54, 1.807) is 0 Å². The quantitative estimate of drug-likeness (QED) is 0.0323. The Morgan fingerprint density at radius 1 is 0.484 bits per heavy atom. The number of esters is 1. The van der Waals surface area contributed by atoms with Crippen molar-refractivity contribution in [3.63, 3.8) is 0 Å². The van der Waals surface area contributed by atoms with Crippen LogP contribution in [0.3, 0.4) is 0 Å². The van der Waals surface area contributed by atoms with E-state index in [0.29, 0.717) is 19.3 Å². The Bertz CT molecular complexity index is 1370. The van der Waals surface area contributed by atoms with Gasteiger partial charge in [0.25, 0.3) is 0 Å². The van der Waals surface area contributed by atoms with E-state index in [1.807, 2.05) is 115 Å². The lowest BCUT2D eigenvalue weighted by molar-refractivity contribution is -0.151. The monoisotopic (exact) mass is 856 g/mol. The van der Waals surface area contributed by atoms with E-state index in [9.17, 15) is 19.8 Å². The molecule has 3 atom stereocenters. The van der Waals surface area contributed by atoms with Gasteiger partial charge < -0.3 is 20.3 Å². The van der Waals surface area contributed by atoms with Gasteiger partial charge in [-0.3, -0.25) is 9.59 Å². The Morgan fingerprint density at radius 3 is 1.29 bits per heavy atom. The molecule has 0 bridgehead atoms. The summed E-state index contributed by atoms with van der Waals surface area (Å²) in [6.45, 7) is 6.13. The van der Waals surface area contributed by atoms with Crippen LogP contribution in [0.4, 0.5) is 0 Å². The molecule has 0 fully saturated rings. The van der Waals surface area contributed by atoms with E-state index in [-0.39, 0.29) is 31.3 Å². The standard InChI is InChI=1S/C56H89NO5/c1-4-7-10-13-16-19-22-25-27-30-32-35-38-41-44-47-52(62-56(61)49-46-43-40-37-34-29-24-21-18-15-12-9-6-3)50-55(60)57-53(51-58)54(59)48-45-42-39-36-33-31-28-26-23-20-17-14-11-8-5-2/h7,9-10,12-13,15-16,18-19,21-22,24-25,27,29-30,32,34-35,37-38,40,52-54,58-59H,4-6,8,11,14,17,20,23,26,28,31,33,36,39,41-51H2,1-3H3,(H,57,60)/b10-7-,12-9+,16-13+,18-15+,22-19+,24-21-,27-25-,32-30+,34-29-,38-35+,40-37+. The SMILES string of the molecule is CC\C=C/C=C/C=C/C=C\C=C\C=C\CCCC(CC(=O)NC(CO)C(O)CCCCCCCCCCCCCCCCC)OC(=O)CCC/C=C/C=C\C=C/C=C/C=C/CC. The number of hydrogen-bond donors (Lipinski definition) is 3. The van der Waals surface area contributed by atoms with Gasteiger partial charge in [-0.1, -0.05) is 251 Å². The van der Waals surface area contributed by atoms with E-state index in [1.165, 1.54) is 77.0 Å². The van der Waals surface area contributed by atoms with E-state index in [2.05, 4.69) is 44.3 Å². The summed E-state index contributed by atoms with van der Waals surface area (Å²) in [5.41, 5.74) is 0. The topological polar surface area (TPSA) is 95.9 Å². The number of carbonyl (C=O) groups excluding carboxylic acids is 2. The van der Waals surface area contributed by atoms with Crippen molar-refractivity contribution in [3.05, 3.63) is 134 Å². The Kier molecular flexibility index (Phi) is 44.9. The largest absolute Gasteiger partial charge is 0.462 e. The number of aliphatic hydroxyl groups is 2. The lowest BCUT2D eigenvalue weighted by atomic mass is 10.0. The summed E-state index contributed by atoms with van der Waals surface area (Å²) in [6, 6.07) is -0.750. The van der Waals surface area contributed by atoms with Gasteiger partial charge in [0.2, 0.25) is 5.91 Å². The number of unbranched alkanes of at least 4 members (excludes halogenated alkanes) is 16. The highest BCUT2D eigenvalue weighted by atomic mass is 16.5. The molecule has 0 aromatic rings. The molecule has 0 rings (SSSR count). The maximum absolute atomic E-state index is 13.2. The first kappa shape index (κ1) is 58.0. The van der Waals surface area contributed by atoms with Gasteiger partial charge in [0, 0.05) is 6.42 Å². The lowest BCUT2D eigenvalue weighted by Gasteiger charge is -2.24. The minimum absolute atomic E-state index is 0.0117. The molecular weight excluding hydrogens is 767 g/mol. The van der Waals surface area contributed by atoms with Gasteiger partial charge >= 0.3 is 5.97 Å². The van der Waals surface area contributed by atoms with Crippen LogP contribution in [0.1, 0.15) is 181 Å². The fourth-order valence-electron chi connectivity index (χ4n) is 6.61. The molecule has 0 saturated heterocycles. The normalized spacial score (nSPS) is 14.5. The summed E-state index contributed by atoms with van der Waals surface area (Å²) in [5.74, 6) is -0.654. The Morgan fingerprint density at radius 2 is 0.871 bits per heavy atom. The number of carbonyl (C=O) groups is 2. The summed E-state index contributed by atoms with van der Waals surface area (Å²) in [7, 11) is 0. The van der Waals surface area contributed by atoms with Crippen LogP contribution in [0.25, 0.3) is 0 Å². The Hall–Kier alpha value is -4.00. The molecule has 0 aliphatic carbocycles. The number of hydrogen-bond acceptors (Lipinski definition) is 5. The minimum atomic E-state index is -0.829. The van der Waals surface area contributed by atoms with Crippen LogP contribution in [0.5, 0.6) is 0 Å². The van der Waals surface area contributed by atoms with Crippen molar-refractivity contribution in [1.82, 2.24) is 5.32 Å². The van der Waals surface area contributed by atoms with Crippen LogP contribution in [0.15, 0.2) is 134 Å². The van der Waals surface area contributed by atoms with Crippen LogP contribution < -0.4 is 5.32 Å². The second kappa shape index (κ2) is 48.0. The van der Waals surface area contributed by atoms with Crippen molar-refractivity contribution >= 4 is 11.9 Å². The second-order valence-electron chi connectivity index (χ2n) is 16.0. The van der Waals surface area contributed by atoms with Gasteiger partial charge in [0.15, 0.2) is 0 Å². The van der Waals surface area contributed by atoms with E-state index in [0.717, 1.165) is 51.4 Å². The maximum Gasteiger partial charge on any atom is 0.306 e. The van der Waals surface area contributed by atoms with Crippen molar-refractivity contribution < 1.29 is 24.5 Å². The number of aliphatic hydroxyl groups excluding tert-OH is 2. The molecule has 0 aromatic carbocycles. The van der Waals surface area contributed by atoms with Crippen molar-refractivity contribution in [1.29, 1.82) is 0 Å². The highest BCUT2D eigenvalue weighted by Crippen LogP contribution is 2.16. The highest BCUT2D eigenvalue weighted by Gasteiger charge is 2.23. The van der Waals surface area contributed by atoms with Gasteiger partial charge in [0.05, 0.1) is 25.2 Å². The molecule has 3 N–H and O–H groups in total. The maximum atomic E-state index is 13.2. The van der Waals surface area contributed by atoms with Gasteiger partial charge in [-0.15, -0.1) is 0 Å². The molecule has 6 nitrogen and oxygen atoms in total. The number of nitrogens with one attached hydrogen (secondary N) is 1. The first-order valence-corrected chi connectivity index (χ1v) is 24.6. The third kappa shape index (κ3) is 42.7. The fraction of sp³-hybridized carbons (Fsp3) is 0.571. The van der Waals surface area contributed by atoms with Gasteiger partial charge in [0.1, 0.15) is 6.10 Å². The minimum Gasteiger partial charge on any atom is -0.462 e. The third-order valence-electron chi connectivity index (χ3n) is 10.3. The van der Waals surface area contributed by atoms with Crippen LogP contribution in [0, 0.1) is 0 Å². The van der Waals surface area contributed by atoms with Crippen molar-refractivity contribution in [2.45, 2.75) is 200 Å². The molecular formula is C56H89NO5. The average Bonchev–Trinajstić information content (AvgIpc) is 3.26. The molecule has 62 heavy (non-hydrogen) atoms. The van der Waals surface area contributed by atoms with Crippen molar-refractivity contribution in [2.75, 3.05) is 6.61 Å². The molecule has 0 aliphatic heterocycles.